The molecule has 4 heteroatoms. The highest BCUT2D eigenvalue weighted by molar-refractivity contribution is 5.70. The minimum atomic E-state index is -0.362. The molecule has 0 saturated carbocycles. The fraction of sp³-hybridized carbons (Fsp3) is 0.577. The number of hydrogen-bond acceptors (Lipinski definition) is 3. The molecule has 0 spiro atoms. The summed E-state index contributed by atoms with van der Waals surface area (Å²) < 4.78 is 6.17. The summed E-state index contributed by atoms with van der Waals surface area (Å²) >= 11 is 0. The molecule has 0 radical (unpaired) electrons. The molecule has 164 valence electrons. The molecule has 2 aromatic rings. The molecule has 1 fully saturated rings. The van der Waals surface area contributed by atoms with Gasteiger partial charge in [-0.1, -0.05) is 83.2 Å². The Balaban J connectivity index is 1.61. The second-order valence-electron chi connectivity index (χ2n) is 9.14. The maximum absolute atomic E-state index is 12.6. The zero-order chi connectivity index (χ0) is 21.5. The lowest BCUT2D eigenvalue weighted by atomic mass is 9.83. The van der Waals surface area contributed by atoms with Gasteiger partial charge < -0.3 is 14.8 Å². The molecule has 1 aliphatic heterocycles. The third-order valence-corrected chi connectivity index (χ3v) is 6.71. The smallest absolute Gasteiger partial charge is 0.257 e. The zero-order valence-electron chi connectivity index (χ0n) is 18.7. The number of hydrogen-bond donors (Lipinski definition) is 2. The summed E-state index contributed by atoms with van der Waals surface area (Å²) in [5, 5.41) is 10.9. The van der Waals surface area contributed by atoms with E-state index in [1.165, 1.54) is 38.5 Å². The molecule has 4 nitrogen and oxygen atoms in total. The monoisotopic (exact) mass is 411 g/mol. The number of aromatic hydroxyl groups is 1. The topological polar surface area (TPSA) is 62.3 Å². The third kappa shape index (κ3) is 5.54. The molecule has 0 amide bonds. The van der Waals surface area contributed by atoms with Gasteiger partial charge in [-0.15, -0.1) is 0 Å². The average molecular weight is 412 g/mol. The predicted octanol–water partition coefficient (Wildman–Crippen LogP) is 6.46. The Bertz CT molecular complexity index is 845. The molecular weight excluding hydrogens is 374 g/mol. The molecule has 0 bridgehead atoms. The van der Waals surface area contributed by atoms with Crippen molar-refractivity contribution in [3.8, 4) is 16.9 Å². The highest BCUT2D eigenvalue weighted by Crippen LogP contribution is 2.41. The van der Waals surface area contributed by atoms with Gasteiger partial charge in [0.25, 0.3) is 5.56 Å². The second-order valence-corrected chi connectivity index (χ2v) is 9.14. The molecule has 30 heavy (non-hydrogen) atoms. The van der Waals surface area contributed by atoms with E-state index in [2.05, 4.69) is 25.8 Å². The molecule has 1 saturated heterocycles. The zero-order valence-corrected chi connectivity index (χ0v) is 18.7. The van der Waals surface area contributed by atoms with Crippen molar-refractivity contribution in [2.45, 2.75) is 71.8 Å². The highest BCUT2D eigenvalue weighted by Gasteiger charge is 2.33. The highest BCUT2D eigenvalue weighted by atomic mass is 16.5. The fourth-order valence-electron chi connectivity index (χ4n) is 4.64. The van der Waals surface area contributed by atoms with Crippen molar-refractivity contribution in [1.29, 1.82) is 0 Å². The van der Waals surface area contributed by atoms with Crippen LogP contribution >= 0.6 is 0 Å². The number of aromatic nitrogens is 1. The van der Waals surface area contributed by atoms with Crippen LogP contribution < -0.4 is 5.56 Å². The first-order valence-corrected chi connectivity index (χ1v) is 11.6. The molecule has 1 aromatic carbocycles. The Kier molecular flexibility index (Phi) is 8.15. The minimum absolute atomic E-state index is 0.0466. The lowest BCUT2D eigenvalue weighted by Gasteiger charge is -2.34. The van der Waals surface area contributed by atoms with Crippen molar-refractivity contribution >= 4 is 0 Å². The van der Waals surface area contributed by atoms with E-state index >= 15 is 0 Å². The van der Waals surface area contributed by atoms with Crippen LogP contribution in [0.4, 0.5) is 0 Å². The lowest BCUT2D eigenvalue weighted by molar-refractivity contribution is -0.0566. The van der Waals surface area contributed by atoms with Crippen molar-refractivity contribution < 1.29 is 9.84 Å². The van der Waals surface area contributed by atoms with Crippen LogP contribution in [0, 0.1) is 17.8 Å². The number of benzene rings is 1. The summed E-state index contributed by atoms with van der Waals surface area (Å²) in [6, 6.07) is 9.64. The van der Waals surface area contributed by atoms with Crippen molar-refractivity contribution in [3.63, 3.8) is 0 Å². The molecule has 2 N–H and O–H groups in total. The number of rotatable bonds is 9. The van der Waals surface area contributed by atoms with Crippen molar-refractivity contribution in [1.82, 2.24) is 4.98 Å². The van der Waals surface area contributed by atoms with Crippen LogP contribution in [-0.4, -0.2) is 16.7 Å². The summed E-state index contributed by atoms with van der Waals surface area (Å²) in [7, 11) is 0. The van der Waals surface area contributed by atoms with Gasteiger partial charge in [0.2, 0.25) is 0 Å². The number of pyridine rings is 1. The maximum atomic E-state index is 12.6. The number of unbranched alkanes of at least 4 members (excludes halogenated alkanes) is 2. The first kappa shape index (κ1) is 22.6. The van der Waals surface area contributed by atoms with Crippen LogP contribution in [0.3, 0.4) is 0 Å². The van der Waals surface area contributed by atoms with Gasteiger partial charge in [-0.05, 0) is 36.2 Å². The van der Waals surface area contributed by atoms with E-state index in [1.807, 2.05) is 30.3 Å². The average Bonchev–Trinajstić information content (AvgIpc) is 2.75. The van der Waals surface area contributed by atoms with E-state index < -0.39 is 0 Å². The number of H-pyrrole nitrogens is 1. The number of aromatic amines is 1. The van der Waals surface area contributed by atoms with E-state index in [4.69, 9.17) is 4.74 Å². The molecule has 4 atom stereocenters. The molecule has 3 rings (SSSR count). The van der Waals surface area contributed by atoms with Gasteiger partial charge in [0.1, 0.15) is 5.75 Å². The van der Waals surface area contributed by atoms with Crippen molar-refractivity contribution in [2.24, 2.45) is 17.8 Å². The normalized spacial score (nSPS) is 22.7. The molecular formula is C26H37NO3. The summed E-state index contributed by atoms with van der Waals surface area (Å²) in [6.45, 7) is 7.39. The molecule has 2 heterocycles. The molecule has 1 aliphatic rings. The molecule has 1 aromatic heterocycles. The van der Waals surface area contributed by atoms with Gasteiger partial charge in [0.15, 0.2) is 0 Å². The van der Waals surface area contributed by atoms with Crippen LogP contribution in [-0.2, 0) is 4.74 Å². The Morgan fingerprint density at radius 3 is 2.67 bits per heavy atom. The Morgan fingerprint density at radius 1 is 1.20 bits per heavy atom. The Morgan fingerprint density at radius 2 is 1.97 bits per heavy atom. The van der Waals surface area contributed by atoms with Crippen molar-refractivity contribution in [3.05, 3.63) is 52.4 Å². The SMILES string of the molecule is CCC(C)CCCCC[C@@H]1CO[C@@H](c2c(O)c(-c3ccccc3)c[nH]c2=O)[C@H](C)C1. The summed E-state index contributed by atoms with van der Waals surface area (Å²) in [5.74, 6) is 1.62. The van der Waals surface area contributed by atoms with Gasteiger partial charge in [-0.25, -0.2) is 0 Å². The minimum Gasteiger partial charge on any atom is -0.507 e. The molecule has 1 unspecified atom stereocenters. The third-order valence-electron chi connectivity index (χ3n) is 6.71. The first-order valence-electron chi connectivity index (χ1n) is 11.6. The predicted molar refractivity (Wildman–Crippen MR) is 123 cm³/mol. The van der Waals surface area contributed by atoms with Gasteiger partial charge in [0, 0.05) is 11.8 Å². The number of nitrogens with one attached hydrogen (secondary N) is 1. The van der Waals surface area contributed by atoms with E-state index in [1.54, 1.807) is 6.20 Å². The largest absolute Gasteiger partial charge is 0.507 e. The van der Waals surface area contributed by atoms with Gasteiger partial charge in [-0.2, -0.15) is 0 Å². The standard InChI is InChI=1S/C26H37NO3/c1-4-18(2)11-7-5-8-12-20-15-19(3)25(30-17-20)23-24(28)22(16-27-26(23)29)21-13-9-6-10-14-21/h6,9-10,13-14,16,18-20,25H,4-5,7-8,11-12,15,17H2,1-3H3,(H2,27,28,29)/t18?,19-,20+,25-/m1/s1. The van der Waals surface area contributed by atoms with E-state index in [-0.39, 0.29) is 23.3 Å². The fourth-order valence-corrected chi connectivity index (χ4v) is 4.64. The summed E-state index contributed by atoms with van der Waals surface area (Å²) in [4.78, 5) is 15.4. The van der Waals surface area contributed by atoms with E-state index in [0.29, 0.717) is 23.7 Å². The van der Waals surface area contributed by atoms with Crippen LogP contribution in [0.1, 0.15) is 77.4 Å². The maximum Gasteiger partial charge on any atom is 0.257 e. The Labute approximate surface area is 180 Å². The van der Waals surface area contributed by atoms with Gasteiger partial charge in [0.05, 0.1) is 18.3 Å². The van der Waals surface area contributed by atoms with Crippen LogP contribution in [0.25, 0.3) is 11.1 Å². The van der Waals surface area contributed by atoms with E-state index in [9.17, 15) is 9.90 Å². The first-order chi connectivity index (χ1) is 14.5. The Hall–Kier alpha value is -2.07. The van der Waals surface area contributed by atoms with Crippen LogP contribution in [0.5, 0.6) is 5.75 Å². The van der Waals surface area contributed by atoms with Crippen LogP contribution in [0.2, 0.25) is 0 Å². The lowest BCUT2D eigenvalue weighted by Crippen LogP contribution is -2.31. The van der Waals surface area contributed by atoms with E-state index in [0.717, 1.165) is 17.9 Å². The summed E-state index contributed by atoms with van der Waals surface area (Å²) in [5.41, 5.74) is 1.64. The van der Waals surface area contributed by atoms with Gasteiger partial charge in [-0.3, -0.25) is 4.79 Å². The number of ether oxygens (including phenoxy) is 1. The van der Waals surface area contributed by atoms with Gasteiger partial charge >= 0.3 is 0 Å². The van der Waals surface area contributed by atoms with Crippen LogP contribution in [0.15, 0.2) is 41.3 Å². The second kappa shape index (κ2) is 10.8. The van der Waals surface area contributed by atoms with Crippen molar-refractivity contribution in [2.75, 3.05) is 6.61 Å². The summed E-state index contributed by atoms with van der Waals surface area (Å²) in [6.07, 6.45) is 9.90. The molecule has 0 aliphatic carbocycles. The quantitative estimate of drug-likeness (QED) is 0.466.